The van der Waals surface area contributed by atoms with E-state index in [1.54, 1.807) is 6.07 Å². The number of hydrogen-bond donors (Lipinski definition) is 1. The van der Waals surface area contributed by atoms with Gasteiger partial charge in [-0.05, 0) is 17.7 Å². The lowest BCUT2D eigenvalue weighted by Crippen LogP contribution is -1.97. The van der Waals surface area contributed by atoms with Crippen LogP contribution in [0.25, 0.3) is 11.0 Å². The lowest BCUT2D eigenvalue weighted by atomic mass is 10.0. The fraction of sp³-hybridized carbons (Fsp3) is 0.133. The van der Waals surface area contributed by atoms with Crippen molar-refractivity contribution in [3.8, 4) is 0 Å². The molecule has 1 N–H and O–H groups in total. The summed E-state index contributed by atoms with van der Waals surface area (Å²) >= 11 is 0. The van der Waals surface area contributed by atoms with E-state index in [1.165, 1.54) is 6.07 Å². The third-order valence-corrected chi connectivity index (χ3v) is 3.19. The molecule has 0 bridgehead atoms. The van der Waals surface area contributed by atoms with Gasteiger partial charge in [0, 0.05) is 5.92 Å². The predicted octanol–water partition coefficient (Wildman–Crippen LogP) is 3.85. The Kier molecular flexibility index (Phi) is 2.59. The highest BCUT2D eigenvalue weighted by Gasteiger charge is 2.14. The highest BCUT2D eigenvalue weighted by molar-refractivity contribution is 5.75. The fourth-order valence-electron chi connectivity index (χ4n) is 2.12. The maximum Gasteiger partial charge on any atom is 0.151 e. The molecule has 1 heterocycles. The van der Waals surface area contributed by atoms with Gasteiger partial charge in [0.25, 0.3) is 0 Å². The molecule has 0 aliphatic carbocycles. The molecule has 90 valence electrons. The Hall–Kier alpha value is -2.16. The SMILES string of the molecule is CC(c1ccccc1)c1nc2c(F)cccc2[nH]1. The third-order valence-electron chi connectivity index (χ3n) is 3.19. The summed E-state index contributed by atoms with van der Waals surface area (Å²) in [7, 11) is 0. The molecule has 0 radical (unpaired) electrons. The number of hydrogen-bond acceptors (Lipinski definition) is 1. The lowest BCUT2D eigenvalue weighted by molar-refractivity contribution is 0.637. The minimum atomic E-state index is -0.282. The van der Waals surface area contributed by atoms with Crippen LogP contribution in [0.5, 0.6) is 0 Å². The van der Waals surface area contributed by atoms with Crippen molar-refractivity contribution in [3.63, 3.8) is 0 Å². The van der Waals surface area contributed by atoms with Crippen LogP contribution in [0.15, 0.2) is 48.5 Å². The number of H-pyrrole nitrogens is 1. The molecule has 18 heavy (non-hydrogen) atoms. The molecular formula is C15H13FN2. The molecule has 0 saturated carbocycles. The molecule has 0 fully saturated rings. The summed E-state index contributed by atoms with van der Waals surface area (Å²) in [6.07, 6.45) is 0. The van der Waals surface area contributed by atoms with E-state index < -0.39 is 0 Å². The van der Waals surface area contributed by atoms with E-state index in [-0.39, 0.29) is 11.7 Å². The molecule has 1 atom stereocenters. The second-order valence-corrected chi connectivity index (χ2v) is 4.39. The molecular weight excluding hydrogens is 227 g/mol. The topological polar surface area (TPSA) is 28.7 Å². The van der Waals surface area contributed by atoms with Crippen LogP contribution >= 0.6 is 0 Å². The molecule has 0 saturated heterocycles. The van der Waals surface area contributed by atoms with E-state index in [4.69, 9.17) is 0 Å². The van der Waals surface area contributed by atoms with Crippen LogP contribution in [0, 0.1) is 5.82 Å². The molecule has 0 aliphatic heterocycles. The Balaban J connectivity index is 2.07. The van der Waals surface area contributed by atoms with Gasteiger partial charge in [0.05, 0.1) is 5.52 Å². The van der Waals surface area contributed by atoms with Gasteiger partial charge in [-0.25, -0.2) is 9.37 Å². The molecule has 2 aromatic carbocycles. The van der Waals surface area contributed by atoms with Gasteiger partial charge in [-0.1, -0.05) is 43.3 Å². The molecule has 1 aromatic heterocycles. The van der Waals surface area contributed by atoms with Crippen molar-refractivity contribution in [1.29, 1.82) is 0 Å². The number of para-hydroxylation sites is 1. The first-order valence-corrected chi connectivity index (χ1v) is 5.95. The number of fused-ring (bicyclic) bond motifs is 1. The van der Waals surface area contributed by atoms with Gasteiger partial charge in [0.1, 0.15) is 11.3 Å². The van der Waals surface area contributed by atoms with E-state index in [9.17, 15) is 4.39 Å². The monoisotopic (exact) mass is 240 g/mol. The summed E-state index contributed by atoms with van der Waals surface area (Å²) in [5.74, 6) is 0.634. The van der Waals surface area contributed by atoms with Crippen molar-refractivity contribution in [1.82, 2.24) is 9.97 Å². The molecule has 3 rings (SSSR count). The first kappa shape index (κ1) is 11.0. The van der Waals surface area contributed by atoms with E-state index in [1.807, 2.05) is 36.4 Å². The normalized spacial score (nSPS) is 12.8. The average molecular weight is 240 g/mol. The summed E-state index contributed by atoms with van der Waals surface area (Å²) in [5, 5.41) is 0. The smallest absolute Gasteiger partial charge is 0.151 e. The van der Waals surface area contributed by atoms with Crippen molar-refractivity contribution in [2.24, 2.45) is 0 Å². The zero-order chi connectivity index (χ0) is 12.5. The fourth-order valence-corrected chi connectivity index (χ4v) is 2.12. The summed E-state index contributed by atoms with van der Waals surface area (Å²) in [6, 6.07) is 15.0. The Labute approximate surface area is 104 Å². The predicted molar refractivity (Wildman–Crippen MR) is 70.0 cm³/mol. The van der Waals surface area contributed by atoms with Crippen LogP contribution in [0.1, 0.15) is 24.2 Å². The number of nitrogens with zero attached hydrogens (tertiary/aromatic N) is 1. The number of aromatic amines is 1. The Morgan fingerprint density at radius 2 is 1.83 bits per heavy atom. The molecule has 1 unspecified atom stereocenters. The van der Waals surface area contributed by atoms with Gasteiger partial charge in [0.15, 0.2) is 5.82 Å². The maximum atomic E-state index is 13.6. The van der Waals surface area contributed by atoms with Crippen LogP contribution in [0.3, 0.4) is 0 Å². The molecule has 0 spiro atoms. The second kappa shape index (κ2) is 4.26. The minimum Gasteiger partial charge on any atom is -0.341 e. The van der Waals surface area contributed by atoms with E-state index in [2.05, 4.69) is 16.9 Å². The van der Waals surface area contributed by atoms with E-state index in [0.717, 1.165) is 16.9 Å². The van der Waals surface area contributed by atoms with Crippen molar-refractivity contribution < 1.29 is 4.39 Å². The van der Waals surface area contributed by atoms with Crippen LogP contribution < -0.4 is 0 Å². The van der Waals surface area contributed by atoms with Gasteiger partial charge < -0.3 is 4.98 Å². The Bertz CT molecular complexity index is 673. The molecule has 3 heteroatoms. The van der Waals surface area contributed by atoms with Crippen LogP contribution in [-0.2, 0) is 0 Å². The summed E-state index contributed by atoms with van der Waals surface area (Å²) in [4.78, 5) is 7.54. The average Bonchev–Trinajstić information content (AvgIpc) is 2.84. The number of benzene rings is 2. The van der Waals surface area contributed by atoms with Crippen LogP contribution in [0.2, 0.25) is 0 Å². The number of nitrogens with one attached hydrogen (secondary N) is 1. The number of aromatic nitrogens is 2. The van der Waals surface area contributed by atoms with Crippen molar-refractivity contribution in [2.45, 2.75) is 12.8 Å². The highest BCUT2D eigenvalue weighted by atomic mass is 19.1. The zero-order valence-corrected chi connectivity index (χ0v) is 10.0. The van der Waals surface area contributed by atoms with E-state index in [0.29, 0.717) is 5.52 Å². The lowest BCUT2D eigenvalue weighted by Gasteiger charge is -2.07. The van der Waals surface area contributed by atoms with Crippen molar-refractivity contribution >= 4 is 11.0 Å². The first-order valence-electron chi connectivity index (χ1n) is 5.95. The zero-order valence-electron chi connectivity index (χ0n) is 10.0. The van der Waals surface area contributed by atoms with Gasteiger partial charge >= 0.3 is 0 Å². The molecule has 0 amide bonds. The summed E-state index contributed by atoms with van der Waals surface area (Å²) in [5.41, 5.74) is 2.32. The van der Waals surface area contributed by atoms with Crippen LogP contribution in [-0.4, -0.2) is 9.97 Å². The summed E-state index contributed by atoms with van der Waals surface area (Å²) in [6.45, 7) is 2.06. The van der Waals surface area contributed by atoms with Gasteiger partial charge in [-0.3, -0.25) is 0 Å². The number of halogens is 1. The van der Waals surface area contributed by atoms with Crippen LogP contribution in [0.4, 0.5) is 4.39 Å². The molecule has 3 aromatic rings. The quantitative estimate of drug-likeness (QED) is 0.724. The Morgan fingerprint density at radius 3 is 2.56 bits per heavy atom. The first-order chi connectivity index (χ1) is 8.75. The van der Waals surface area contributed by atoms with Gasteiger partial charge in [-0.2, -0.15) is 0 Å². The van der Waals surface area contributed by atoms with Crippen molar-refractivity contribution in [2.75, 3.05) is 0 Å². The van der Waals surface area contributed by atoms with E-state index >= 15 is 0 Å². The highest BCUT2D eigenvalue weighted by Crippen LogP contribution is 2.24. The molecule has 0 aliphatic rings. The van der Waals surface area contributed by atoms with Gasteiger partial charge in [0.2, 0.25) is 0 Å². The van der Waals surface area contributed by atoms with Crippen molar-refractivity contribution in [3.05, 3.63) is 65.7 Å². The third kappa shape index (κ3) is 1.78. The Morgan fingerprint density at radius 1 is 1.06 bits per heavy atom. The standard InChI is InChI=1S/C15H13FN2/c1-10(11-6-3-2-4-7-11)15-17-13-9-5-8-12(16)14(13)18-15/h2-10H,1H3,(H,17,18). The number of imidazole rings is 1. The minimum absolute atomic E-state index is 0.123. The second-order valence-electron chi connectivity index (χ2n) is 4.39. The summed E-state index contributed by atoms with van der Waals surface area (Å²) < 4.78 is 13.6. The number of rotatable bonds is 2. The molecule has 2 nitrogen and oxygen atoms in total. The van der Waals surface area contributed by atoms with Gasteiger partial charge in [-0.15, -0.1) is 0 Å². The largest absolute Gasteiger partial charge is 0.341 e. The maximum absolute atomic E-state index is 13.6.